The van der Waals surface area contributed by atoms with Gasteiger partial charge in [0, 0.05) is 7.05 Å². The monoisotopic (exact) mass is 179 g/mol. The Balaban J connectivity index is 3.15. The van der Waals surface area contributed by atoms with Crippen molar-refractivity contribution in [2.75, 3.05) is 12.5 Å². The highest BCUT2D eigenvalue weighted by atomic mass is 16.1. The van der Waals surface area contributed by atoms with E-state index in [2.05, 4.69) is 10.7 Å². The van der Waals surface area contributed by atoms with Gasteiger partial charge < -0.3 is 10.7 Å². The second-order valence-corrected chi connectivity index (χ2v) is 2.77. The molecule has 0 radical (unpaired) electrons. The molecule has 1 rings (SSSR count). The molecule has 13 heavy (non-hydrogen) atoms. The molecule has 0 saturated heterocycles. The van der Waals surface area contributed by atoms with E-state index >= 15 is 0 Å². The number of rotatable bonds is 2. The third-order valence-corrected chi connectivity index (χ3v) is 1.80. The summed E-state index contributed by atoms with van der Waals surface area (Å²) in [5, 5.41) is 2.55. The quantitative estimate of drug-likeness (QED) is 0.461. The van der Waals surface area contributed by atoms with Gasteiger partial charge in [-0.25, -0.2) is 0 Å². The third kappa shape index (κ3) is 1.97. The fourth-order valence-corrected chi connectivity index (χ4v) is 1.11. The molecule has 4 N–H and O–H groups in total. The van der Waals surface area contributed by atoms with Crippen LogP contribution in [0.2, 0.25) is 0 Å². The Morgan fingerprint density at radius 2 is 2.15 bits per heavy atom. The van der Waals surface area contributed by atoms with Crippen LogP contribution in [-0.2, 0) is 0 Å². The lowest BCUT2D eigenvalue weighted by atomic mass is 10.1. The molecule has 1 aromatic rings. The second-order valence-electron chi connectivity index (χ2n) is 2.77. The first-order chi connectivity index (χ1) is 6.19. The number of hydrogen-bond donors (Lipinski definition) is 3. The molecule has 0 aliphatic carbocycles. The fraction of sp³-hybridized carbons (Fsp3) is 0.222. The Bertz CT molecular complexity index is 323. The maximum atomic E-state index is 11.3. The zero-order chi connectivity index (χ0) is 9.84. The molecule has 0 aliphatic rings. The van der Waals surface area contributed by atoms with Gasteiger partial charge in [0.15, 0.2) is 0 Å². The first-order valence-electron chi connectivity index (χ1n) is 3.98. The van der Waals surface area contributed by atoms with E-state index in [-0.39, 0.29) is 5.91 Å². The number of nitrogens with two attached hydrogens (primary N) is 1. The highest BCUT2D eigenvalue weighted by Gasteiger charge is 2.08. The van der Waals surface area contributed by atoms with E-state index in [1.807, 2.05) is 13.0 Å². The standard InChI is InChI=1S/C9H13N3O/c1-6-3-4-8(12-10)7(5-6)9(13)11-2/h3-5,12H,10H2,1-2H3,(H,11,13). The lowest BCUT2D eigenvalue weighted by Crippen LogP contribution is -2.21. The van der Waals surface area contributed by atoms with Crippen molar-refractivity contribution >= 4 is 11.6 Å². The summed E-state index contributed by atoms with van der Waals surface area (Å²) in [5.74, 6) is 5.12. The van der Waals surface area contributed by atoms with Gasteiger partial charge in [-0.1, -0.05) is 11.6 Å². The van der Waals surface area contributed by atoms with Crippen molar-refractivity contribution < 1.29 is 4.79 Å². The summed E-state index contributed by atoms with van der Waals surface area (Å²) in [6.45, 7) is 1.92. The molecular weight excluding hydrogens is 166 g/mol. The first kappa shape index (κ1) is 9.54. The SMILES string of the molecule is CNC(=O)c1cc(C)ccc1NN. The van der Waals surface area contributed by atoms with Crippen LogP contribution in [0.15, 0.2) is 18.2 Å². The average Bonchev–Trinajstić information content (AvgIpc) is 2.16. The molecule has 0 heterocycles. The molecule has 0 saturated carbocycles. The Morgan fingerprint density at radius 1 is 1.46 bits per heavy atom. The van der Waals surface area contributed by atoms with E-state index in [4.69, 9.17) is 5.84 Å². The van der Waals surface area contributed by atoms with Gasteiger partial charge in [0.05, 0.1) is 11.3 Å². The van der Waals surface area contributed by atoms with Crippen molar-refractivity contribution in [3.8, 4) is 0 Å². The van der Waals surface area contributed by atoms with Crippen LogP contribution in [0.3, 0.4) is 0 Å². The van der Waals surface area contributed by atoms with Crippen LogP contribution in [0.5, 0.6) is 0 Å². The van der Waals surface area contributed by atoms with Gasteiger partial charge in [-0.05, 0) is 19.1 Å². The van der Waals surface area contributed by atoms with Crippen LogP contribution in [0, 0.1) is 6.92 Å². The Labute approximate surface area is 77.1 Å². The number of benzene rings is 1. The van der Waals surface area contributed by atoms with E-state index < -0.39 is 0 Å². The van der Waals surface area contributed by atoms with Crippen molar-refractivity contribution in [1.82, 2.24) is 5.32 Å². The van der Waals surface area contributed by atoms with Crippen molar-refractivity contribution in [2.24, 2.45) is 5.84 Å². The van der Waals surface area contributed by atoms with Crippen molar-refractivity contribution in [2.45, 2.75) is 6.92 Å². The highest BCUT2D eigenvalue weighted by Crippen LogP contribution is 2.15. The van der Waals surface area contributed by atoms with Gasteiger partial charge in [-0.3, -0.25) is 10.6 Å². The lowest BCUT2D eigenvalue weighted by molar-refractivity contribution is 0.0964. The number of nitrogen functional groups attached to an aromatic ring is 1. The highest BCUT2D eigenvalue weighted by molar-refractivity contribution is 5.99. The summed E-state index contributed by atoms with van der Waals surface area (Å²) in [5.41, 5.74) is 4.69. The predicted octanol–water partition coefficient (Wildman–Crippen LogP) is 0.640. The molecule has 0 bridgehead atoms. The molecular formula is C9H13N3O. The maximum Gasteiger partial charge on any atom is 0.253 e. The number of nitrogens with one attached hydrogen (secondary N) is 2. The number of amides is 1. The molecule has 0 fully saturated rings. The Morgan fingerprint density at radius 3 is 2.69 bits per heavy atom. The minimum atomic E-state index is -0.142. The van der Waals surface area contributed by atoms with Gasteiger partial charge in [0.2, 0.25) is 0 Å². The molecule has 0 spiro atoms. The molecule has 70 valence electrons. The number of hydrazine groups is 1. The molecule has 4 heteroatoms. The summed E-state index contributed by atoms with van der Waals surface area (Å²) in [6, 6.07) is 5.45. The minimum Gasteiger partial charge on any atom is -0.355 e. The van der Waals surface area contributed by atoms with Gasteiger partial charge in [0.1, 0.15) is 0 Å². The summed E-state index contributed by atoms with van der Waals surface area (Å²) in [4.78, 5) is 11.3. The smallest absolute Gasteiger partial charge is 0.253 e. The summed E-state index contributed by atoms with van der Waals surface area (Å²) in [7, 11) is 1.59. The lowest BCUT2D eigenvalue weighted by Gasteiger charge is -2.07. The van der Waals surface area contributed by atoms with E-state index in [1.54, 1.807) is 19.2 Å². The van der Waals surface area contributed by atoms with E-state index in [1.165, 1.54) is 0 Å². The number of hydrogen-bond acceptors (Lipinski definition) is 3. The van der Waals surface area contributed by atoms with Gasteiger partial charge in [-0.2, -0.15) is 0 Å². The zero-order valence-electron chi connectivity index (χ0n) is 7.72. The average molecular weight is 179 g/mol. The van der Waals surface area contributed by atoms with Gasteiger partial charge in [0.25, 0.3) is 5.91 Å². The molecule has 0 aromatic heterocycles. The molecule has 0 unspecified atom stereocenters. The fourth-order valence-electron chi connectivity index (χ4n) is 1.11. The van der Waals surface area contributed by atoms with Crippen LogP contribution in [0.1, 0.15) is 15.9 Å². The summed E-state index contributed by atoms with van der Waals surface area (Å²) < 4.78 is 0. The van der Waals surface area contributed by atoms with Crippen molar-refractivity contribution in [3.63, 3.8) is 0 Å². The minimum absolute atomic E-state index is 0.142. The van der Waals surface area contributed by atoms with Crippen LogP contribution in [-0.4, -0.2) is 13.0 Å². The van der Waals surface area contributed by atoms with Gasteiger partial charge >= 0.3 is 0 Å². The van der Waals surface area contributed by atoms with Crippen molar-refractivity contribution in [1.29, 1.82) is 0 Å². The number of carbonyl (C=O) groups excluding carboxylic acids is 1. The molecule has 1 aromatic carbocycles. The second kappa shape index (κ2) is 3.91. The van der Waals surface area contributed by atoms with E-state index in [0.717, 1.165) is 5.56 Å². The Hall–Kier alpha value is -1.55. The van der Waals surface area contributed by atoms with Gasteiger partial charge in [-0.15, -0.1) is 0 Å². The first-order valence-corrected chi connectivity index (χ1v) is 3.98. The molecule has 4 nitrogen and oxygen atoms in total. The predicted molar refractivity (Wildman–Crippen MR) is 52.4 cm³/mol. The number of aryl methyl sites for hydroxylation is 1. The summed E-state index contributed by atoms with van der Waals surface area (Å²) >= 11 is 0. The number of carbonyl (C=O) groups is 1. The molecule has 0 aliphatic heterocycles. The van der Waals surface area contributed by atoms with Crippen LogP contribution >= 0.6 is 0 Å². The van der Waals surface area contributed by atoms with E-state index in [9.17, 15) is 4.79 Å². The van der Waals surface area contributed by atoms with Crippen molar-refractivity contribution in [3.05, 3.63) is 29.3 Å². The zero-order valence-corrected chi connectivity index (χ0v) is 7.72. The van der Waals surface area contributed by atoms with Crippen LogP contribution < -0.4 is 16.6 Å². The molecule has 1 amide bonds. The third-order valence-electron chi connectivity index (χ3n) is 1.80. The Kier molecular flexibility index (Phi) is 2.87. The van der Waals surface area contributed by atoms with E-state index in [0.29, 0.717) is 11.3 Å². The largest absolute Gasteiger partial charge is 0.355 e. The maximum absolute atomic E-state index is 11.3. The normalized spacial score (nSPS) is 9.46. The molecule has 0 atom stereocenters. The number of anilines is 1. The van der Waals surface area contributed by atoms with Crippen LogP contribution in [0.25, 0.3) is 0 Å². The topological polar surface area (TPSA) is 67.2 Å². The van der Waals surface area contributed by atoms with Crippen LogP contribution in [0.4, 0.5) is 5.69 Å². The summed E-state index contributed by atoms with van der Waals surface area (Å²) in [6.07, 6.45) is 0.